The number of nitrogens with one attached hydrogen (secondary N) is 1. The minimum atomic E-state index is -0.129. The second kappa shape index (κ2) is 6.06. The maximum atomic E-state index is 11.9. The van der Waals surface area contributed by atoms with Crippen molar-refractivity contribution in [2.75, 3.05) is 19.0 Å². The van der Waals surface area contributed by atoms with Gasteiger partial charge in [0.05, 0.1) is 18.2 Å². The number of alkyl halides is 1. The van der Waals surface area contributed by atoms with Crippen LogP contribution in [-0.2, 0) is 4.74 Å². The number of aryl methyl sites for hydroxylation is 2. The van der Waals surface area contributed by atoms with E-state index in [4.69, 9.17) is 9.15 Å². The number of hydrogen-bond donors (Lipinski definition) is 1. The van der Waals surface area contributed by atoms with Crippen LogP contribution in [0, 0.1) is 13.8 Å². The molecule has 0 saturated carbocycles. The highest BCUT2D eigenvalue weighted by atomic mass is 79.9. The molecule has 0 fully saturated rings. The molecule has 0 aromatic carbocycles. The molecular formula is C11H16BrNO3. The van der Waals surface area contributed by atoms with Crippen LogP contribution in [0.1, 0.15) is 21.9 Å². The van der Waals surface area contributed by atoms with Crippen molar-refractivity contribution in [3.05, 3.63) is 23.2 Å². The van der Waals surface area contributed by atoms with Crippen molar-refractivity contribution in [2.24, 2.45) is 0 Å². The molecule has 0 saturated heterocycles. The van der Waals surface area contributed by atoms with Crippen LogP contribution >= 0.6 is 15.9 Å². The average Bonchev–Trinajstić information content (AvgIpc) is 2.57. The Morgan fingerprint density at radius 2 is 2.31 bits per heavy atom. The van der Waals surface area contributed by atoms with Gasteiger partial charge in [-0.15, -0.1) is 0 Å². The van der Waals surface area contributed by atoms with E-state index in [9.17, 15) is 4.79 Å². The Hall–Kier alpha value is -0.810. The first-order valence-electron chi connectivity index (χ1n) is 5.01. The lowest BCUT2D eigenvalue weighted by molar-refractivity contribution is 0.0906. The summed E-state index contributed by atoms with van der Waals surface area (Å²) in [5.74, 6) is 1.25. The Kier molecular flexibility index (Phi) is 5.02. The summed E-state index contributed by atoms with van der Waals surface area (Å²) < 4.78 is 10.3. The van der Waals surface area contributed by atoms with Gasteiger partial charge in [0, 0.05) is 12.4 Å². The molecule has 1 aromatic rings. The fraction of sp³-hybridized carbons (Fsp3) is 0.545. The third kappa shape index (κ3) is 3.35. The second-order valence-corrected chi connectivity index (χ2v) is 4.25. The van der Waals surface area contributed by atoms with Crippen LogP contribution in [0.15, 0.2) is 10.5 Å². The van der Waals surface area contributed by atoms with Crippen LogP contribution in [0.5, 0.6) is 0 Å². The van der Waals surface area contributed by atoms with Gasteiger partial charge in [0.1, 0.15) is 11.5 Å². The molecule has 1 rings (SSSR count). The molecule has 90 valence electrons. The Labute approximate surface area is 103 Å². The lowest BCUT2D eigenvalue weighted by atomic mass is 10.2. The summed E-state index contributed by atoms with van der Waals surface area (Å²) in [7, 11) is 1.61. The van der Waals surface area contributed by atoms with E-state index < -0.39 is 0 Å². The SMILES string of the molecule is COCC(CBr)NC(=O)c1cc(C)oc1C. The monoisotopic (exact) mass is 289 g/mol. The highest BCUT2D eigenvalue weighted by Crippen LogP contribution is 2.13. The van der Waals surface area contributed by atoms with Crippen LogP contribution in [0.2, 0.25) is 0 Å². The average molecular weight is 290 g/mol. The molecule has 4 nitrogen and oxygen atoms in total. The molecule has 0 aliphatic heterocycles. The molecule has 1 aromatic heterocycles. The molecule has 1 atom stereocenters. The Morgan fingerprint density at radius 3 is 2.75 bits per heavy atom. The van der Waals surface area contributed by atoms with Crippen LogP contribution in [0.4, 0.5) is 0 Å². The normalized spacial score (nSPS) is 12.5. The summed E-state index contributed by atoms with van der Waals surface area (Å²) in [4.78, 5) is 11.9. The van der Waals surface area contributed by atoms with Crippen LogP contribution in [0.3, 0.4) is 0 Å². The van der Waals surface area contributed by atoms with Gasteiger partial charge in [0.25, 0.3) is 5.91 Å². The van der Waals surface area contributed by atoms with Gasteiger partial charge in [0.2, 0.25) is 0 Å². The fourth-order valence-electron chi connectivity index (χ4n) is 1.45. The van der Waals surface area contributed by atoms with Gasteiger partial charge in [-0.2, -0.15) is 0 Å². The number of carbonyl (C=O) groups is 1. The van der Waals surface area contributed by atoms with Gasteiger partial charge >= 0.3 is 0 Å². The van der Waals surface area contributed by atoms with Crippen molar-refractivity contribution in [3.63, 3.8) is 0 Å². The molecule has 5 heteroatoms. The molecule has 0 aliphatic rings. The van der Waals surface area contributed by atoms with Gasteiger partial charge in [-0.25, -0.2) is 0 Å². The van der Waals surface area contributed by atoms with Crippen molar-refractivity contribution in [2.45, 2.75) is 19.9 Å². The third-order valence-corrected chi connectivity index (χ3v) is 2.96. The molecule has 0 spiro atoms. The van der Waals surface area contributed by atoms with Crippen molar-refractivity contribution in [1.82, 2.24) is 5.32 Å². The predicted octanol–water partition coefficient (Wildman–Crippen LogP) is 2.04. The Balaban J connectivity index is 2.67. The number of rotatable bonds is 5. The fourth-order valence-corrected chi connectivity index (χ4v) is 1.79. The van der Waals surface area contributed by atoms with E-state index in [1.54, 1.807) is 20.1 Å². The van der Waals surface area contributed by atoms with E-state index in [-0.39, 0.29) is 11.9 Å². The highest BCUT2D eigenvalue weighted by Gasteiger charge is 2.16. The van der Waals surface area contributed by atoms with E-state index in [0.717, 1.165) is 5.76 Å². The van der Waals surface area contributed by atoms with Gasteiger partial charge in [0.15, 0.2) is 0 Å². The Morgan fingerprint density at radius 1 is 1.62 bits per heavy atom. The van der Waals surface area contributed by atoms with Crippen molar-refractivity contribution in [1.29, 1.82) is 0 Å². The predicted molar refractivity (Wildman–Crippen MR) is 65.1 cm³/mol. The first-order chi connectivity index (χ1) is 7.58. The van der Waals surface area contributed by atoms with E-state index >= 15 is 0 Å². The van der Waals surface area contributed by atoms with E-state index in [2.05, 4.69) is 21.2 Å². The van der Waals surface area contributed by atoms with Crippen LogP contribution in [0.25, 0.3) is 0 Å². The number of ether oxygens (including phenoxy) is 1. The quantitative estimate of drug-likeness (QED) is 0.844. The number of methoxy groups -OCH3 is 1. The van der Waals surface area contributed by atoms with Gasteiger partial charge in [-0.3, -0.25) is 4.79 Å². The number of amides is 1. The zero-order valence-corrected chi connectivity index (χ0v) is 11.3. The molecule has 1 amide bonds. The molecule has 0 bridgehead atoms. The molecule has 16 heavy (non-hydrogen) atoms. The van der Waals surface area contributed by atoms with E-state index in [0.29, 0.717) is 23.3 Å². The van der Waals surface area contributed by atoms with Crippen molar-refractivity contribution >= 4 is 21.8 Å². The summed E-state index contributed by atoms with van der Waals surface area (Å²) in [6.45, 7) is 4.08. The first kappa shape index (κ1) is 13.3. The largest absolute Gasteiger partial charge is 0.466 e. The smallest absolute Gasteiger partial charge is 0.255 e. The summed E-state index contributed by atoms with van der Waals surface area (Å²) in [6, 6.07) is 1.70. The van der Waals surface area contributed by atoms with Crippen LogP contribution < -0.4 is 5.32 Å². The molecule has 1 unspecified atom stereocenters. The van der Waals surface area contributed by atoms with Crippen molar-refractivity contribution < 1.29 is 13.9 Å². The molecule has 1 heterocycles. The van der Waals surface area contributed by atoms with E-state index in [1.807, 2.05) is 6.92 Å². The standard InChI is InChI=1S/C11H16BrNO3/c1-7-4-10(8(2)16-7)11(14)13-9(5-12)6-15-3/h4,9H,5-6H2,1-3H3,(H,13,14). The molecular weight excluding hydrogens is 274 g/mol. The van der Waals surface area contributed by atoms with Gasteiger partial charge < -0.3 is 14.5 Å². The number of halogens is 1. The highest BCUT2D eigenvalue weighted by molar-refractivity contribution is 9.09. The first-order valence-corrected chi connectivity index (χ1v) is 6.13. The van der Waals surface area contributed by atoms with Crippen molar-refractivity contribution in [3.8, 4) is 0 Å². The minimum absolute atomic E-state index is 0.0351. The topological polar surface area (TPSA) is 51.5 Å². The lowest BCUT2D eigenvalue weighted by Crippen LogP contribution is -2.39. The number of carbonyl (C=O) groups excluding carboxylic acids is 1. The molecule has 0 aliphatic carbocycles. The zero-order valence-electron chi connectivity index (χ0n) is 9.67. The number of furan rings is 1. The maximum Gasteiger partial charge on any atom is 0.255 e. The zero-order chi connectivity index (χ0) is 12.1. The maximum absolute atomic E-state index is 11.9. The summed E-state index contributed by atoms with van der Waals surface area (Å²) in [5, 5.41) is 3.52. The second-order valence-electron chi connectivity index (χ2n) is 3.61. The number of hydrogen-bond acceptors (Lipinski definition) is 3. The Bertz CT molecular complexity index is 362. The lowest BCUT2D eigenvalue weighted by Gasteiger charge is -2.14. The minimum Gasteiger partial charge on any atom is -0.466 e. The van der Waals surface area contributed by atoms with Crippen LogP contribution in [-0.4, -0.2) is 31.0 Å². The summed E-state index contributed by atoms with van der Waals surface area (Å²) in [6.07, 6.45) is 0. The van der Waals surface area contributed by atoms with Gasteiger partial charge in [-0.05, 0) is 19.9 Å². The molecule has 1 N–H and O–H groups in total. The van der Waals surface area contributed by atoms with Gasteiger partial charge in [-0.1, -0.05) is 15.9 Å². The summed E-state index contributed by atoms with van der Waals surface area (Å²) in [5.41, 5.74) is 0.583. The van der Waals surface area contributed by atoms with E-state index in [1.165, 1.54) is 0 Å². The molecule has 0 radical (unpaired) electrons. The third-order valence-electron chi connectivity index (χ3n) is 2.17. The summed E-state index contributed by atoms with van der Waals surface area (Å²) >= 11 is 3.32.